The summed E-state index contributed by atoms with van der Waals surface area (Å²) in [6.45, 7) is 19.2. The highest BCUT2D eigenvalue weighted by atomic mass is 28.4. The molecule has 0 aliphatic rings. The summed E-state index contributed by atoms with van der Waals surface area (Å²) in [5.41, 5.74) is 1.52. The van der Waals surface area contributed by atoms with E-state index < -0.39 is 8.32 Å². The zero-order valence-corrected chi connectivity index (χ0v) is 13.6. The molecule has 98 valence electrons. The van der Waals surface area contributed by atoms with E-state index in [0.717, 1.165) is 12.0 Å². The van der Waals surface area contributed by atoms with Crippen LogP contribution in [0.4, 0.5) is 0 Å². The van der Waals surface area contributed by atoms with E-state index in [9.17, 15) is 0 Å². The molecule has 0 N–H and O–H groups in total. The van der Waals surface area contributed by atoms with Crippen molar-refractivity contribution in [2.45, 2.75) is 65.8 Å². The van der Waals surface area contributed by atoms with Gasteiger partial charge in [0.1, 0.15) is 6.10 Å². The predicted molar refractivity (Wildman–Crippen MR) is 79.5 cm³/mol. The first-order chi connectivity index (χ1) is 7.65. The Morgan fingerprint density at radius 1 is 1.24 bits per heavy atom. The van der Waals surface area contributed by atoms with E-state index in [1.165, 1.54) is 0 Å². The number of hydrogen-bond donors (Lipinski definition) is 0. The Bertz CT molecular complexity index is 305. The molecule has 1 nitrogen and oxygen atoms in total. The molecule has 0 aliphatic carbocycles. The van der Waals surface area contributed by atoms with Crippen LogP contribution in [0.5, 0.6) is 0 Å². The van der Waals surface area contributed by atoms with Crippen molar-refractivity contribution in [3.05, 3.63) is 12.2 Å². The molecule has 0 heterocycles. The largest absolute Gasteiger partial charge is 0.404 e. The van der Waals surface area contributed by atoms with Gasteiger partial charge in [-0.05, 0) is 43.5 Å². The lowest BCUT2D eigenvalue weighted by atomic mass is 10.1. The van der Waals surface area contributed by atoms with Crippen molar-refractivity contribution in [1.82, 2.24) is 0 Å². The first kappa shape index (κ1) is 16.5. The van der Waals surface area contributed by atoms with Crippen molar-refractivity contribution in [3.63, 3.8) is 0 Å². The van der Waals surface area contributed by atoms with E-state index in [1.54, 1.807) is 0 Å². The summed E-state index contributed by atoms with van der Waals surface area (Å²) in [5, 5.41) is 0. The highest BCUT2D eigenvalue weighted by Gasteiger charge is 2.30. The van der Waals surface area contributed by atoms with Crippen molar-refractivity contribution in [2.24, 2.45) is 5.92 Å². The Morgan fingerprint density at radius 3 is 2.12 bits per heavy atom. The van der Waals surface area contributed by atoms with Gasteiger partial charge in [-0.25, -0.2) is 0 Å². The van der Waals surface area contributed by atoms with Crippen LogP contribution in [0.25, 0.3) is 0 Å². The maximum atomic E-state index is 6.28. The first-order valence-corrected chi connectivity index (χ1v) is 9.48. The molecular formula is C15H28OSi. The van der Waals surface area contributed by atoms with Crippen molar-refractivity contribution < 1.29 is 4.43 Å². The van der Waals surface area contributed by atoms with Gasteiger partial charge in [0.05, 0.1) is 0 Å². The quantitative estimate of drug-likeness (QED) is 0.513. The zero-order chi connectivity index (χ0) is 13.6. The van der Waals surface area contributed by atoms with Crippen LogP contribution in [0.1, 0.15) is 41.0 Å². The number of allylic oxidation sites excluding steroid dienone is 1. The maximum Gasteiger partial charge on any atom is 0.190 e. The molecule has 0 saturated heterocycles. The molecule has 0 aliphatic heterocycles. The van der Waals surface area contributed by atoms with Crippen LogP contribution in [0.3, 0.4) is 0 Å². The van der Waals surface area contributed by atoms with Crippen LogP contribution in [0.2, 0.25) is 18.6 Å². The molecule has 0 rings (SSSR count). The molecule has 0 saturated carbocycles. The number of rotatable bonds is 5. The smallest absolute Gasteiger partial charge is 0.190 e. The lowest BCUT2D eigenvalue weighted by molar-refractivity contribution is 0.214. The first-order valence-electron chi connectivity index (χ1n) is 6.50. The van der Waals surface area contributed by atoms with E-state index in [2.05, 4.69) is 59.2 Å². The van der Waals surface area contributed by atoms with Crippen molar-refractivity contribution >= 4 is 8.32 Å². The topological polar surface area (TPSA) is 9.23 Å². The predicted octanol–water partition coefficient (Wildman–Crippen LogP) is 4.61. The molecule has 0 bridgehead atoms. The Morgan fingerprint density at radius 2 is 1.76 bits per heavy atom. The second-order valence-corrected chi connectivity index (χ2v) is 10.6. The second-order valence-electron chi connectivity index (χ2n) is 6.04. The highest BCUT2D eigenvalue weighted by Crippen LogP contribution is 2.24. The minimum Gasteiger partial charge on any atom is -0.404 e. The Hall–Kier alpha value is -0.523. The van der Waals surface area contributed by atoms with Crippen molar-refractivity contribution in [1.29, 1.82) is 0 Å². The van der Waals surface area contributed by atoms with Gasteiger partial charge in [0.15, 0.2) is 8.32 Å². The average molecular weight is 252 g/mol. The molecule has 0 fully saturated rings. The third-order valence-electron chi connectivity index (χ3n) is 2.97. The zero-order valence-electron chi connectivity index (χ0n) is 12.6. The maximum absolute atomic E-state index is 6.28. The molecule has 0 aromatic heterocycles. The highest BCUT2D eigenvalue weighted by molar-refractivity contribution is 6.72. The summed E-state index contributed by atoms with van der Waals surface area (Å²) in [7, 11) is -1.61. The lowest BCUT2D eigenvalue weighted by Gasteiger charge is -2.30. The van der Waals surface area contributed by atoms with Gasteiger partial charge in [-0.2, -0.15) is 0 Å². The fraction of sp³-hybridized carbons (Fsp3) is 0.733. The summed E-state index contributed by atoms with van der Waals surface area (Å²) in [4.78, 5) is 0. The Balaban J connectivity index is 4.72. The second kappa shape index (κ2) is 7.03. The monoisotopic (exact) mass is 252 g/mol. The van der Waals surface area contributed by atoms with Gasteiger partial charge in [0, 0.05) is 0 Å². The van der Waals surface area contributed by atoms with Gasteiger partial charge in [-0.3, -0.25) is 0 Å². The van der Waals surface area contributed by atoms with Crippen molar-refractivity contribution in [2.75, 3.05) is 0 Å². The molecule has 0 radical (unpaired) electrons. The molecule has 1 unspecified atom stereocenters. The fourth-order valence-electron chi connectivity index (χ4n) is 1.27. The van der Waals surface area contributed by atoms with Gasteiger partial charge >= 0.3 is 0 Å². The Labute approximate surface area is 109 Å². The van der Waals surface area contributed by atoms with Gasteiger partial charge in [-0.1, -0.05) is 46.1 Å². The minimum absolute atomic E-state index is 0.0655. The van der Waals surface area contributed by atoms with Crippen molar-refractivity contribution in [3.8, 4) is 11.8 Å². The SMILES string of the molecule is C=C(C)C#CC(CC(C)C)O[Si](C)(C)C(C)C. The summed E-state index contributed by atoms with van der Waals surface area (Å²) < 4.78 is 6.28. The van der Waals surface area contributed by atoms with Crippen LogP contribution < -0.4 is 0 Å². The third-order valence-corrected chi connectivity index (χ3v) is 6.64. The minimum atomic E-state index is -1.61. The molecule has 1 atom stereocenters. The van der Waals surface area contributed by atoms with E-state index >= 15 is 0 Å². The van der Waals surface area contributed by atoms with Gasteiger partial charge in [-0.15, -0.1) is 0 Å². The molecule has 0 spiro atoms. The number of hydrogen-bond acceptors (Lipinski definition) is 1. The van der Waals surface area contributed by atoms with Crippen LogP contribution in [0.15, 0.2) is 12.2 Å². The summed E-state index contributed by atoms with van der Waals surface area (Å²) in [6.07, 6.45) is 1.07. The third kappa shape index (κ3) is 7.41. The van der Waals surface area contributed by atoms with Gasteiger partial charge in [0.25, 0.3) is 0 Å². The van der Waals surface area contributed by atoms with E-state index in [1.807, 2.05) is 6.92 Å². The lowest BCUT2D eigenvalue weighted by Crippen LogP contribution is -2.38. The summed E-state index contributed by atoms with van der Waals surface area (Å²) >= 11 is 0. The average Bonchev–Trinajstić information content (AvgIpc) is 2.12. The van der Waals surface area contributed by atoms with E-state index in [4.69, 9.17) is 4.43 Å². The van der Waals surface area contributed by atoms with Crippen LogP contribution >= 0.6 is 0 Å². The van der Waals surface area contributed by atoms with Crippen LogP contribution in [-0.4, -0.2) is 14.4 Å². The molecule has 17 heavy (non-hydrogen) atoms. The molecule has 0 aromatic rings. The Kier molecular flexibility index (Phi) is 6.82. The molecular weight excluding hydrogens is 224 g/mol. The fourth-order valence-corrected chi connectivity index (χ4v) is 2.43. The molecule has 2 heteroatoms. The van der Waals surface area contributed by atoms with Crippen LogP contribution in [-0.2, 0) is 4.43 Å². The van der Waals surface area contributed by atoms with Gasteiger partial charge < -0.3 is 4.43 Å². The standard InChI is InChI=1S/C15H28OSi/c1-12(2)9-10-15(11-13(3)4)16-17(7,8)14(5)6/h13-15H,1,11H2,2-8H3. The molecule has 0 aromatic carbocycles. The van der Waals surface area contributed by atoms with Crippen LogP contribution in [0, 0.1) is 17.8 Å². The van der Waals surface area contributed by atoms with E-state index in [0.29, 0.717) is 11.5 Å². The molecule has 0 amide bonds. The summed E-state index contributed by atoms with van der Waals surface area (Å²) in [6, 6.07) is 0. The van der Waals surface area contributed by atoms with E-state index in [-0.39, 0.29) is 6.10 Å². The van der Waals surface area contributed by atoms with Gasteiger partial charge in [0.2, 0.25) is 0 Å². The summed E-state index contributed by atoms with van der Waals surface area (Å²) in [5.74, 6) is 6.90. The normalized spacial score (nSPS) is 13.5.